The number of amidine groups is 1. The summed E-state index contributed by atoms with van der Waals surface area (Å²) in [6.07, 6.45) is 4.14. The van der Waals surface area contributed by atoms with Crippen molar-refractivity contribution in [3.8, 4) is 17.5 Å². The van der Waals surface area contributed by atoms with Crippen LogP contribution >= 0.6 is 11.8 Å². The molecule has 0 unspecified atom stereocenters. The van der Waals surface area contributed by atoms with Crippen LogP contribution in [0.4, 0.5) is 10.5 Å². The number of alkyl carbamates (subject to hydrolysis) is 1. The first kappa shape index (κ1) is 28.9. The van der Waals surface area contributed by atoms with Crippen molar-refractivity contribution in [1.29, 1.82) is 16.1 Å². The molecule has 4 heterocycles. The van der Waals surface area contributed by atoms with Crippen LogP contribution in [0.15, 0.2) is 36.7 Å². The zero-order chi connectivity index (χ0) is 29.0. The third-order valence-electron chi connectivity index (χ3n) is 6.19. The number of hydrogen-bond acceptors (Lipinski definition) is 9. The molecule has 1 saturated heterocycles. The van der Waals surface area contributed by atoms with Gasteiger partial charge in [0.05, 0.1) is 28.7 Å². The third-order valence-corrected chi connectivity index (χ3v) is 7.06. The van der Waals surface area contributed by atoms with Crippen LogP contribution in [0.5, 0.6) is 0 Å². The number of hydrogen-bond donors (Lipinski definition) is 4. The van der Waals surface area contributed by atoms with Gasteiger partial charge in [0, 0.05) is 42.6 Å². The standard InChI is InChI=1S/C28H35N9O2S/c1-17(2)34-22-13-23(24-7-6-20-12-18(14-29)15-33-37(20)24)32-16-21(22)25(30)40-26(31)36-10-8-19(9-11-36)35-27(38)39-28(3,4)5/h6-7,12-13,15-17,19,30-31H,8-11H2,1-5H3,(H,32,34)(H,35,38). The number of likely N-dealkylation sites (tertiary alicyclic amines) is 1. The van der Waals surface area contributed by atoms with E-state index in [2.05, 4.69) is 26.8 Å². The highest BCUT2D eigenvalue weighted by Crippen LogP contribution is 2.29. The second kappa shape index (κ2) is 12.0. The first-order chi connectivity index (χ1) is 18.9. The van der Waals surface area contributed by atoms with Gasteiger partial charge in [0.1, 0.15) is 16.7 Å². The van der Waals surface area contributed by atoms with Gasteiger partial charge in [-0.25, -0.2) is 9.31 Å². The van der Waals surface area contributed by atoms with E-state index in [1.54, 1.807) is 16.8 Å². The molecule has 210 valence electrons. The summed E-state index contributed by atoms with van der Waals surface area (Å²) < 4.78 is 7.09. The number of anilines is 1. The molecule has 3 aromatic rings. The first-order valence-electron chi connectivity index (χ1n) is 13.2. The van der Waals surface area contributed by atoms with Crippen molar-refractivity contribution < 1.29 is 9.53 Å². The van der Waals surface area contributed by atoms with Crippen molar-refractivity contribution in [2.75, 3.05) is 18.4 Å². The fourth-order valence-electron chi connectivity index (χ4n) is 4.38. The number of pyridine rings is 1. The molecule has 1 aliphatic heterocycles. The Morgan fingerprint density at radius 2 is 1.93 bits per heavy atom. The van der Waals surface area contributed by atoms with Crippen molar-refractivity contribution in [1.82, 2.24) is 24.8 Å². The SMILES string of the molecule is CC(C)Nc1cc(-c2ccc3cc(C#N)cnn23)ncc1C(=N)SC(=N)N1CCC(NC(=O)OC(C)(C)C)CC1. The monoisotopic (exact) mass is 561 g/mol. The number of nitriles is 1. The van der Waals surface area contributed by atoms with Crippen molar-refractivity contribution in [2.24, 2.45) is 0 Å². The van der Waals surface area contributed by atoms with Crippen LogP contribution in [0, 0.1) is 22.1 Å². The number of thioether (sulfide) groups is 1. The van der Waals surface area contributed by atoms with E-state index in [0.717, 1.165) is 28.7 Å². The topological polar surface area (TPSA) is 155 Å². The van der Waals surface area contributed by atoms with Gasteiger partial charge in [0.2, 0.25) is 0 Å². The molecule has 4 rings (SSSR count). The molecule has 11 nitrogen and oxygen atoms in total. The molecule has 0 bridgehead atoms. The highest BCUT2D eigenvalue weighted by Gasteiger charge is 2.26. The van der Waals surface area contributed by atoms with E-state index in [4.69, 9.17) is 20.8 Å². The van der Waals surface area contributed by atoms with E-state index < -0.39 is 11.7 Å². The highest BCUT2D eigenvalue weighted by molar-refractivity contribution is 8.26. The lowest BCUT2D eigenvalue weighted by Crippen LogP contribution is -2.47. The molecule has 0 spiro atoms. The molecule has 1 amide bonds. The smallest absolute Gasteiger partial charge is 0.407 e. The maximum absolute atomic E-state index is 12.1. The molecule has 0 saturated carbocycles. The lowest BCUT2D eigenvalue weighted by atomic mass is 10.1. The van der Waals surface area contributed by atoms with E-state index in [-0.39, 0.29) is 22.3 Å². The Kier molecular flexibility index (Phi) is 8.64. The Hall–Kier alpha value is -4.11. The molecule has 0 aromatic carbocycles. The van der Waals surface area contributed by atoms with Gasteiger partial charge in [-0.05, 0) is 83.5 Å². The molecule has 40 heavy (non-hydrogen) atoms. The van der Waals surface area contributed by atoms with Gasteiger partial charge in [0.15, 0.2) is 5.17 Å². The first-order valence-corrected chi connectivity index (χ1v) is 14.0. The molecule has 1 fully saturated rings. The van der Waals surface area contributed by atoms with E-state index in [0.29, 0.717) is 42.8 Å². The summed E-state index contributed by atoms with van der Waals surface area (Å²) in [7, 11) is 0. The molecule has 12 heteroatoms. The predicted octanol–water partition coefficient (Wildman–Crippen LogP) is 5.07. The minimum Gasteiger partial charge on any atom is -0.444 e. The number of aromatic nitrogens is 3. The lowest BCUT2D eigenvalue weighted by molar-refractivity contribution is 0.0488. The average molecular weight is 562 g/mol. The molecule has 1 aliphatic rings. The largest absolute Gasteiger partial charge is 0.444 e. The van der Waals surface area contributed by atoms with E-state index in [1.165, 1.54) is 6.20 Å². The number of piperidine rings is 1. The number of ether oxygens (including phenoxy) is 1. The molecule has 0 aliphatic carbocycles. The Morgan fingerprint density at radius 1 is 1.20 bits per heavy atom. The van der Waals surface area contributed by atoms with E-state index in [9.17, 15) is 4.79 Å². The quantitative estimate of drug-likeness (QED) is 0.249. The van der Waals surface area contributed by atoms with Crippen molar-refractivity contribution in [3.05, 3.63) is 47.8 Å². The van der Waals surface area contributed by atoms with Crippen LogP contribution in [0.2, 0.25) is 0 Å². The maximum Gasteiger partial charge on any atom is 0.407 e. The van der Waals surface area contributed by atoms with Crippen LogP contribution in [0.1, 0.15) is 58.6 Å². The Morgan fingerprint density at radius 3 is 2.58 bits per heavy atom. The summed E-state index contributed by atoms with van der Waals surface area (Å²) in [5.41, 5.74) is 3.53. The number of carbonyl (C=O) groups is 1. The molecule has 0 atom stereocenters. The number of fused-ring (bicyclic) bond motifs is 1. The molecule has 0 radical (unpaired) electrons. The van der Waals surface area contributed by atoms with Gasteiger partial charge < -0.3 is 20.3 Å². The van der Waals surface area contributed by atoms with Crippen LogP contribution in [-0.2, 0) is 4.74 Å². The van der Waals surface area contributed by atoms with Crippen LogP contribution < -0.4 is 10.6 Å². The van der Waals surface area contributed by atoms with E-state index >= 15 is 0 Å². The minimum absolute atomic E-state index is 0.00643. The van der Waals surface area contributed by atoms with Crippen LogP contribution in [0.3, 0.4) is 0 Å². The summed E-state index contributed by atoms with van der Waals surface area (Å²) in [6, 6.07) is 9.67. The lowest BCUT2D eigenvalue weighted by Gasteiger charge is -2.34. The van der Waals surface area contributed by atoms with Crippen LogP contribution in [-0.4, -0.2) is 66.6 Å². The molecular formula is C28H35N9O2S. The third kappa shape index (κ3) is 7.09. The second-order valence-corrected chi connectivity index (χ2v) is 12.0. The van der Waals surface area contributed by atoms with Gasteiger partial charge >= 0.3 is 6.09 Å². The summed E-state index contributed by atoms with van der Waals surface area (Å²) in [5.74, 6) is 0. The Balaban J connectivity index is 1.44. The number of amides is 1. The van der Waals surface area contributed by atoms with E-state index in [1.807, 2.05) is 57.7 Å². The van der Waals surface area contributed by atoms with Gasteiger partial charge in [-0.3, -0.25) is 15.8 Å². The normalized spacial score (nSPS) is 14.2. The zero-order valence-corrected chi connectivity index (χ0v) is 24.2. The number of nitrogens with one attached hydrogen (secondary N) is 4. The summed E-state index contributed by atoms with van der Waals surface area (Å²) in [4.78, 5) is 18.7. The number of nitrogens with zero attached hydrogens (tertiary/aromatic N) is 5. The van der Waals surface area contributed by atoms with Gasteiger partial charge in [-0.2, -0.15) is 10.4 Å². The highest BCUT2D eigenvalue weighted by atomic mass is 32.2. The number of carbonyl (C=O) groups excluding carboxylic acids is 1. The number of rotatable bonds is 5. The summed E-state index contributed by atoms with van der Waals surface area (Å²) in [6.45, 7) is 10.8. The summed E-state index contributed by atoms with van der Waals surface area (Å²) in [5, 5.41) is 37.8. The Labute approximate surface area is 238 Å². The van der Waals surface area contributed by atoms with Crippen molar-refractivity contribution in [2.45, 2.75) is 65.1 Å². The van der Waals surface area contributed by atoms with Crippen molar-refractivity contribution >= 4 is 39.3 Å². The van der Waals surface area contributed by atoms with Crippen molar-refractivity contribution in [3.63, 3.8) is 0 Å². The summed E-state index contributed by atoms with van der Waals surface area (Å²) >= 11 is 1.09. The fraction of sp³-hybridized carbons (Fsp3) is 0.429. The van der Waals surface area contributed by atoms with Crippen LogP contribution in [0.25, 0.3) is 16.9 Å². The Bertz CT molecular complexity index is 1460. The molecule has 4 N–H and O–H groups in total. The molecule has 3 aromatic heterocycles. The zero-order valence-electron chi connectivity index (χ0n) is 23.4. The van der Waals surface area contributed by atoms with Gasteiger partial charge in [-0.1, -0.05) is 0 Å². The maximum atomic E-state index is 12.1. The fourth-order valence-corrected chi connectivity index (χ4v) is 5.16. The molecular weight excluding hydrogens is 526 g/mol. The van der Waals surface area contributed by atoms with Gasteiger partial charge in [-0.15, -0.1) is 0 Å². The van der Waals surface area contributed by atoms with Gasteiger partial charge in [0.25, 0.3) is 0 Å². The predicted molar refractivity (Wildman–Crippen MR) is 158 cm³/mol. The average Bonchev–Trinajstić information content (AvgIpc) is 3.30. The second-order valence-electron chi connectivity index (χ2n) is 11.0. The minimum atomic E-state index is -0.547.